The molecule has 0 saturated carbocycles. The van der Waals surface area contributed by atoms with Crippen molar-refractivity contribution < 1.29 is 4.79 Å². The molecule has 0 aliphatic heterocycles. The number of hydrogen-bond donors (Lipinski definition) is 1. The van der Waals surface area contributed by atoms with Crippen molar-refractivity contribution in [1.82, 2.24) is 19.9 Å². The second-order valence-electron chi connectivity index (χ2n) is 6.60. The molecule has 0 unspecified atom stereocenters. The number of nitrogens with zero attached hydrogens (tertiary/aromatic N) is 3. The van der Waals surface area contributed by atoms with Crippen LogP contribution in [0, 0.1) is 20.8 Å². The minimum Gasteiger partial charge on any atom is -0.344 e. The molecule has 0 aliphatic rings. The molecule has 138 valence electrons. The Morgan fingerprint density at radius 3 is 2.30 bits per heavy atom. The van der Waals surface area contributed by atoms with E-state index in [2.05, 4.69) is 15.3 Å². The summed E-state index contributed by atoms with van der Waals surface area (Å²) in [4.78, 5) is 32.8. The van der Waals surface area contributed by atoms with Gasteiger partial charge in [-0.05, 0) is 50.1 Å². The Labute approximate surface area is 157 Å². The van der Waals surface area contributed by atoms with E-state index in [1.54, 1.807) is 32.3 Å². The largest absolute Gasteiger partial charge is 0.348 e. The summed E-state index contributed by atoms with van der Waals surface area (Å²) in [6.45, 7) is 5.49. The van der Waals surface area contributed by atoms with Crippen LogP contribution in [0.5, 0.6) is 0 Å². The Morgan fingerprint density at radius 2 is 1.67 bits per heavy atom. The highest BCUT2D eigenvalue weighted by molar-refractivity contribution is 5.77. The monoisotopic (exact) mass is 362 g/mol. The van der Waals surface area contributed by atoms with Gasteiger partial charge in [0.15, 0.2) is 0 Å². The highest BCUT2D eigenvalue weighted by Crippen LogP contribution is 2.22. The van der Waals surface area contributed by atoms with Crippen molar-refractivity contribution in [2.24, 2.45) is 0 Å². The third-order valence-corrected chi connectivity index (χ3v) is 4.40. The van der Waals surface area contributed by atoms with Gasteiger partial charge in [-0.1, -0.05) is 29.8 Å². The average Bonchev–Trinajstić information content (AvgIpc) is 2.64. The van der Waals surface area contributed by atoms with Gasteiger partial charge < -0.3 is 5.32 Å². The Hall–Kier alpha value is -3.28. The number of hydrogen-bond acceptors (Lipinski definition) is 4. The summed E-state index contributed by atoms with van der Waals surface area (Å²) in [5.74, 6) is -0.256. The van der Waals surface area contributed by atoms with E-state index in [4.69, 9.17) is 0 Å². The van der Waals surface area contributed by atoms with E-state index in [0.717, 1.165) is 16.7 Å². The van der Waals surface area contributed by atoms with E-state index in [1.165, 1.54) is 4.57 Å². The van der Waals surface area contributed by atoms with Crippen molar-refractivity contribution in [1.29, 1.82) is 0 Å². The maximum atomic E-state index is 12.7. The summed E-state index contributed by atoms with van der Waals surface area (Å²) in [5.41, 5.74) is 3.96. The van der Waals surface area contributed by atoms with E-state index in [1.807, 2.05) is 43.3 Å². The molecule has 1 amide bonds. The highest BCUT2D eigenvalue weighted by atomic mass is 16.2. The second-order valence-corrected chi connectivity index (χ2v) is 6.60. The van der Waals surface area contributed by atoms with Gasteiger partial charge in [-0.25, -0.2) is 4.79 Å². The van der Waals surface area contributed by atoms with Crippen LogP contribution >= 0.6 is 0 Å². The van der Waals surface area contributed by atoms with Crippen molar-refractivity contribution in [2.45, 2.75) is 33.4 Å². The summed E-state index contributed by atoms with van der Waals surface area (Å²) in [7, 11) is 0. The van der Waals surface area contributed by atoms with Gasteiger partial charge in [-0.3, -0.25) is 14.3 Å². The van der Waals surface area contributed by atoms with Crippen molar-refractivity contribution in [3.8, 4) is 0 Å². The van der Waals surface area contributed by atoms with Crippen LogP contribution in [-0.4, -0.2) is 20.4 Å². The van der Waals surface area contributed by atoms with Gasteiger partial charge in [0, 0.05) is 23.8 Å². The van der Waals surface area contributed by atoms with Crippen molar-refractivity contribution in [2.75, 3.05) is 0 Å². The average molecular weight is 362 g/mol. The molecule has 3 aromatic rings. The summed E-state index contributed by atoms with van der Waals surface area (Å²) in [6, 6.07) is 13.2. The van der Waals surface area contributed by atoms with Gasteiger partial charge in [0.05, 0.1) is 6.04 Å². The predicted molar refractivity (Wildman–Crippen MR) is 103 cm³/mol. The van der Waals surface area contributed by atoms with E-state index in [-0.39, 0.29) is 18.5 Å². The molecule has 27 heavy (non-hydrogen) atoms. The van der Waals surface area contributed by atoms with E-state index >= 15 is 0 Å². The van der Waals surface area contributed by atoms with Gasteiger partial charge in [-0.15, -0.1) is 0 Å². The number of aryl methyl sites for hydroxylation is 3. The zero-order valence-electron chi connectivity index (χ0n) is 15.6. The quantitative estimate of drug-likeness (QED) is 0.756. The van der Waals surface area contributed by atoms with Gasteiger partial charge in [0.25, 0.3) is 0 Å². The maximum absolute atomic E-state index is 12.7. The molecule has 1 aromatic carbocycles. The second kappa shape index (κ2) is 7.95. The lowest BCUT2D eigenvalue weighted by Crippen LogP contribution is -2.36. The first kappa shape index (κ1) is 18.5. The van der Waals surface area contributed by atoms with Crippen LogP contribution in [0.15, 0.2) is 59.7 Å². The number of carbonyl (C=O) groups excluding carboxylic acids is 1. The van der Waals surface area contributed by atoms with Crippen molar-refractivity contribution in [3.05, 3.63) is 93.4 Å². The number of nitrogens with one attached hydrogen (secondary N) is 1. The van der Waals surface area contributed by atoms with Gasteiger partial charge >= 0.3 is 5.69 Å². The fourth-order valence-corrected chi connectivity index (χ4v) is 2.99. The summed E-state index contributed by atoms with van der Waals surface area (Å²) in [5, 5.41) is 3.03. The first-order valence-electron chi connectivity index (χ1n) is 8.75. The Morgan fingerprint density at radius 1 is 1.04 bits per heavy atom. The number of amides is 1. The molecule has 1 atom stereocenters. The molecular weight excluding hydrogens is 340 g/mol. The van der Waals surface area contributed by atoms with Crippen LogP contribution in [0.25, 0.3) is 0 Å². The number of carbonyl (C=O) groups is 1. The van der Waals surface area contributed by atoms with Crippen molar-refractivity contribution >= 4 is 5.91 Å². The molecule has 6 nitrogen and oxygen atoms in total. The first-order valence-corrected chi connectivity index (χ1v) is 8.75. The topological polar surface area (TPSA) is 76.9 Å². The number of aromatic nitrogens is 3. The molecule has 2 aromatic heterocycles. The minimum atomic E-state index is -0.418. The number of pyridine rings is 1. The summed E-state index contributed by atoms with van der Waals surface area (Å²) < 4.78 is 1.38. The Bertz CT molecular complexity index is 995. The molecule has 6 heteroatoms. The normalized spacial score (nSPS) is 11.8. The highest BCUT2D eigenvalue weighted by Gasteiger charge is 2.18. The van der Waals surface area contributed by atoms with Gasteiger partial charge in [0.1, 0.15) is 6.54 Å². The molecule has 0 saturated heterocycles. The van der Waals surface area contributed by atoms with E-state index in [0.29, 0.717) is 11.4 Å². The summed E-state index contributed by atoms with van der Waals surface area (Å²) in [6.07, 6.45) is 3.39. The molecule has 0 radical (unpaired) electrons. The molecule has 0 aliphatic carbocycles. The van der Waals surface area contributed by atoms with Gasteiger partial charge in [-0.2, -0.15) is 4.98 Å². The van der Waals surface area contributed by atoms with Crippen LogP contribution in [0.1, 0.15) is 34.1 Å². The molecular formula is C21H22N4O2. The molecule has 3 rings (SSSR count). The smallest absolute Gasteiger partial charge is 0.344 e. The van der Waals surface area contributed by atoms with Gasteiger partial charge in [0.2, 0.25) is 5.91 Å². The van der Waals surface area contributed by atoms with Crippen LogP contribution in [-0.2, 0) is 11.3 Å². The van der Waals surface area contributed by atoms with Crippen LogP contribution in [0.2, 0.25) is 0 Å². The van der Waals surface area contributed by atoms with E-state index < -0.39 is 5.69 Å². The maximum Gasteiger partial charge on any atom is 0.348 e. The number of benzene rings is 1. The Kier molecular flexibility index (Phi) is 5.45. The third-order valence-electron chi connectivity index (χ3n) is 4.40. The lowest BCUT2D eigenvalue weighted by Gasteiger charge is -2.20. The zero-order valence-corrected chi connectivity index (χ0v) is 15.6. The lowest BCUT2D eigenvalue weighted by atomic mass is 9.98. The molecule has 0 bridgehead atoms. The minimum absolute atomic E-state index is 0.0780. The fraction of sp³-hybridized carbons (Fsp3) is 0.238. The predicted octanol–water partition coefficient (Wildman–Crippen LogP) is 2.47. The molecule has 2 heterocycles. The fourth-order valence-electron chi connectivity index (χ4n) is 2.99. The van der Waals surface area contributed by atoms with Crippen molar-refractivity contribution in [3.63, 3.8) is 0 Å². The standard InChI is InChI=1S/C21H22N4O2/c1-14-4-6-17(7-5-14)20(18-8-10-22-11-9-18)24-19(26)13-25-16(3)12-15(2)23-21(25)27/h4-12,20H,13H2,1-3H3,(H,24,26)/t20-/m1/s1. The van der Waals surface area contributed by atoms with Crippen LogP contribution < -0.4 is 11.0 Å². The molecule has 1 N–H and O–H groups in total. The number of rotatable bonds is 5. The zero-order chi connectivity index (χ0) is 19.4. The first-order chi connectivity index (χ1) is 12.9. The van der Waals surface area contributed by atoms with Crippen LogP contribution in [0.4, 0.5) is 0 Å². The summed E-state index contributed by atoms with van der Waals surface area (Å²) >= 11 is 0. The molecule has 0 spiro atoms. The Balaban J connectivity index is 1.87. The molecule has 0 fully saturated rings. The van der Waals surface area contributed by atoms with Crippen LogP contribution in [0.3, 0.4) is 0 Å². The SMILES string of the molecule is Cc1ccc([C@@H](NC(=O)Cn2c(C)cc(C)nc2=O)c2ccncc2)cc1. The third kappa shape index (κ3) is 4.47. The van der Waals surface area contributed by atoms with E-state index in [9.17, 15) is 9.59 Å². The lowest BCUT2D eigenvalue weighted by molar-refractivity contribution is -0.122.